The van der Waals surface area contributed by atoms with E-state index in [2.05, 4.69) is 19.4 Å². The largest absolute Gasteiger partial charge is 0.355 e. The van der Waals surface area contributed by atoms with E-state index < -0.39 is 10.0 Å². The molecule has 0 spiro atoms. The average Bonchev–Trinajstić information content (AvgIpc) is 3.24. The molecule has 2 N–H and O–H groups in total. The van der Waals surface area contributed by atoms with Crippen LogP contribution < -0.4 is 10.0 Å². The van der Waals surface area contributed by atoms with Crippen LogP contribution in [-0.2, 0) is 10.0 Å². The molecule has 0 fully saturated rings. The second kappa shape index (κ2) is 9.20. The molecule has 11 heteroatoms. The number of sulfonamides is 1. The Hall–Kier alpha value is -1.39. The van der Waals surface area contributed by atoms with Crippen molar-refractivity contribution < 1.29 is 8.42 Å². The van der Waals surface area contributed by atoms with E-state index in [1.165, 1.54) is 17.6 Å². The third-order valence-electron chi connectivity index (χ3n) is 3.93. The maximum absolute atomic E-state index is 12.3. The van der Waals surface area contributed by atoms with Crippen LogP contribution in [0.3, 0.4) is 0 Å². The lowest BCUT2D eigenvalue weighted by Gasteiger charge is -2.09. The van der Waals surface area contributed by atoms with Crippen LogP contribution in [0, 0.1) is 0 Å². The first-order chi connectivity index (χ1) is 13.0. The summed E-state index contributed by atoms with van der Waals surface area (Å²) in [4.78, 5) is 5.05. The molecule has 0 aliphatic rings. The van der Waals surface area contributed by atoms with Crippen molar-refractivity contribution in [3.05, 3.63) is 40.6 Å². The van der Waals surface area contributed by atoms with E-state index in [1.807, 2.05) is 10.6 Å². The first kappa shape index (κ1) is 20.3. The van der Waals surface area contributed by atoms with Crippen molar-refractivity contribution in [2.45, 2.75) is 30.6 Å². The van der Waals surface area contributed by atoms with Gasteiger partial charge in [-0.3, -0.25) is 4.40 Å². The van der Waals surface area contributed by atoms with Crippen molar-refractivity contribution in [2.75, 3.05) is 18.4 Å². The molecule has 3 aromatic rings. The normalized spacial score (nSPS) is 11.9. The van der Waals surface area contributed by atoms with E-state index in [9.17, 15) is 8.42 Å². The van der Waals surface area contributed by atoms with E-state index in [0.717, 1.165) is 43.1 Å². The molecule has 2 aromatic heterocycles. The second-order valence-corrected chi connectivity index (χ2v) is 9.13. The fraction of sp³-hybridized carbons (Fsp3) is 0.375. The Morgan fingerprint density at radius 3 is 2.70 bits per heavy atom. The van der Waals surface area contributed by atoms with Gasteiger partial charge in [0.25, 0.3) is 0 Å². The average molecular weight is 448 g/mol. The van der Waals surface area contributed by atoms with Gasteiger partial charge in [0.05, 0.1) is 10.0 Å². The molecule has 3 rings (SSSR count). The highest BCUT2D eigenvalue weighted by molar-refractivity contribution is 7.89. The quantitative estimate of drug-likeness (QED) is 0.457. The van der Waals surface area contributed by atoms with E-state index >= 15 is 0 Å². The van der Waals surface area contributed by atoms with E-state index in [4.69, 9.17) is 23.2 Å². The first-order valence-electron chi connectivity index (χ1n) is 8.45. The minimum Gasteiger partial charge on any atom is -0.355 e. The van der Waals surface area contributed by atoms with Crippen molar-refractivity contribution in [3.8, 4) is 0 Å². The molecule has 0 bridgehead atoms. The number of fused-ring (bicyclic) bond motifs is 1. The molecule has 0 unspecified atom stereocenters. The Bertz CT molecular complexity index is 1000. The van der Waals surface area contributed by atoms with Crippen molar-refractivity contribution >= 4 is 55.7 Å². The fourth-order valence-corrected chi connectivity index (χ4v) is 5.04. The summed E-state index contributed by atoms with van der Waals surface area (Å²) in [6.45, 7) is 1.17. The Morgan fingerprint density at radius 2 is 1.89 bits per heavy atom. The Kier molecular flexibility index (Phi) is 6.93. The molecule has 0 saturated heterocycles. The summed E-state index contributed by atoms with van der Waals surface area (Å²) >= 11 is 13.2. The molecule has 0 atom stereocenters. The third-order valence-corrected chi connectivity index (χ3v) is 7.10. The van der Waals surface area contributed by atoms with Gasteiger partial charge in [-0.15, -0.1) is 0 Å². The molecule has 146 valence electrons. The van der Waals surface area contributed by atoms with Crippen LogP contribution in [-0.4, -0.2) is 35.3 Å². The Labute approximate surface area is 171 Å². The molecular formula is C16H19Cl2N5O2S2. The van der Waals surface area contributed by atoms with Crippen molar-refractivity contribution in [3.63, 3.8) is 0 Å². The number of unbranched alkanes of at least 4 members (excludes halogenated alkanes) is 3. The summed E-state index contributed by atoms with van der Waals surface area (Å²) in [6.07, 6.45) is 7.26. The van der Waals surface area contributed by atoms with Crippen LogP contribution >= 0.6 is 34.7 Å². The lowest BCUT2D eigenvalue weighted by molar-refractivity contribution is 0.573. The second-order valence-electron chi connectivity index (χ2n) is 5.88. The maximum Gasteiger partial charge on any atom is 0.242 e. The maximum atomic E-state index is 12.3. The number of hydrogen-bond donors (Lipinski definition) is 2. The SMILES string of the molecule is O=S(=O)(NCCCCCCNc1nsc2nccn12)c1cccc(Cl)c1Cl. The van der Waals surface area contributed by atoms with Gasteiger partial charge in [0.2, 0.25) is 20.9 Å². The molecule has 1 aromatic carbocycles. The van der Waals surface area contributed by atoms with Crippen LogP contribution in [0.2, 0.25) is 10.0 Å². The zero-order valence-corrected chi connectivity index (χ0v) is 17.5. The van der Waals surface area contributed by atoms with Gasteiger partial charge < -0.3 is 5.32 Å². The highest BCUT2D eigenvalue weighted by atomic mass is 35.5. The zero-order valence-electron chi connectivity index (χ0n) is 14.4. The van der Waals surface area contributed by atoms with Gasteiger partial charge in [-0.25, -0.2) is 18.1 Å². The molecule has 0 aliphatic heterocycles. The highest BCUT2D eigenvalue weighted by Gasteiger charge is 2.18. The molecular weight excluding hydrogens is 429 g/mol. The number of nitrogens with zero attached hydrogens (tertiary/aromatic N) is 3. The Balaban J connectivity index is 1.33. The minimum absolute atomic E-state index is 0.00921. The van der Waals surface area contributed by atoms with Crippen LogP contribution in [0.25, 0.3) is 4.96 Å². The Morgan fingerprint density at radius 1 is 1.11 bits per heavy atom. The summed E-state index contributed by atoms with van der Waals surface area (Å²) in [6, 6.07) is 4.56. The van der Waals surface area contributed by atoms with Gasteiger partial charge in [0.1, 0.15) is 4.90 Å². The molecule has 0 radical (unpaired) electrons. The predicted octanol–water partition coefficient (Wildman–Crippen LogP) is 4.05. The smallest absolute Gasteiger partial charge is 0.242 e. The molecule has 0 saturated carbocycles. The van der Waals surface area contributed by atoms with E-state index in [1.54, 1.807) is 18.3 Å². The number of rotatable bonds is 10. The number of benzene rings is 1. The van der Waals surface area contributed by atoms with Crippen LogP contribution in [0.15, 0.2) is 35.5 Å². The number of imidazole rings is 1. The number of halogens is 2. The van der Waals surface area contributed by atoms with Gasteiger partial charge in [-0.2, -0.15) is 4.37 Å². The third kappa shape index (κ3) is 5.11. The minimum atomic E-state index is -3.65. The molecule has 7 nitrogen and oxygen atoms in total. The predicted molar refractivity (Wildman–Crippen MR) is 109 cm³/mol. The van der Waals surface area contributed by atoms with E-state index in [0.29, 0.717) is 6.54 Å². The van der Waals surface area contributed by atoms with Crippen molar-refractivity contribution in [1.82, 2.24) is 18.5 Å². The lowest BCUT2D eigenvalue weighted by Crippen LogP contribution is -2.25. The summed E-state index contributed by atoms with van der Waals surface area (Å²) in [5.74, 6) is 0.804. The topological polar surface area (TPSA) is 88.4 Å². The number of nitrogens with one attached hydrogen (secondary N) is 2. The molecule has 0 aliphatic carbocycles. The molecule has 0 amide bonds. The number of anilines is 1. The number of hydrogen-bond acceptors (Lipinski definition) is 6. The van der Waals surface area contributed by atoms with Gasteiger partial charge in [-0.1, -0.05) is 42.1 Å². The van der Waals surface area contributed by atoms with Crippen LogP contribution in [0.4, 0.5) is 5.95 Å². The summed E-state index contributed by atoms with van der Waals surface area (Å²) in [7, 11) is -3.65. The fourth-order valence-electron chi connectivity index (χ4n) is 2.54. The van der Waals surface area contributed by atoms with Gasteiger partial charge in [0.15, 0.2) is 0 Å². The first-order valence-corrected chi connectivity index (χ1v) is 11.5. The van der Waals surface area contributed by atoms with Gasteiger partial charge >= 0.3 is 0 Å². The van der Waals surface area contributed by atoms with Crippen molar-refractivity contribution in [2.24, 2.45) is 0 Å². The van der Waals surface area contributed by atoms with Crippen molar-refractivity contribution in [1.29, 1.82) is 0 Å². The number of aromatic nitrogens is 3. The standard InChI is InChI=1S/C16H19Cl2N5O2S2/c17-12-6-5-7-13(14(12)18)27(24,25)21-9-4-2-1-3-8-19-15-22-26-16-20-10-11-23(15)16/h5-7,10-11,21H,1-4,8-9H2,(H,19,22). The van der Waals surface area contributed by atoms with Crippen LogP contribution in [0.1, 0.15) is 25.7 Å². The zero-order chi connectivity index (χ0) is 19.3. The molecule has 2 heterocycles. The summed E-state index contributed by atoms with van der Waals surface area (Å²) < 4.78 is 33.3. The summed E-state index contributed by atoms with van der Waals surface area (Å²) in [5.41, 5.74) is 0. The van der Waals surface area contributed by atoms with Gasteiger partial charge in [0, 0.05) is 37.0 Å². The highest BCUT2D eigenvalue weighted by Crippen LogP contribution is 2.28. The van der Waals surface area contributed by atoms with Gasteiger partial charge in [-0.05, 0) is 25.0 Å². The van der Waals surface area contributed by atoms with E-state index in [-0.39, 0.29) is 14.9 Å². The summed E-state index contributed by atoms with van der Waals surface area (Å²) in [5, 5.41) is 3.56. The molecule has 27 heavy (non-hydrogen) atoms. The lowest BCUT2D eigenvalue weighted by atomic mass is 10.2. The van der Waals surface area contributed by atoms with Crippen LogP contribution in [0.5, 0.6) is 0 Å². The monoisotopic (exact) mass is 447 g/mol.